The first-order chi connectivity index (χ1) is 14.8. The molecular formula is C25H41NO5. The van der Waals surface area contributed by atoms with Gasteiger partial charge in [-0.3, -0.25) is 4.79 Å². The topological polar surface area (TPSA) is 77.0 Å². The van der Waals surface area contributed by atoms with Gasteiger partial charge in [0.1, 0.15) is 0 Å². The fourth-order valence-corrected chi connectivity index (χ4v) is 8.84. The van der Waals surface area contributed by atoms with E-state index < -0.39 is 5.60 Å². The lowest BCUT2D eigenvalue weighted by Gasteiger charge is -2.62. The number of ether oxygens (including phenoxy) is 3. The molecule has 176 valence electrons. The largest absolute Gasteiger partial charge is 0.468 e. The third-order valence-corrected chi connectivity index (χ3v) is 10.6. The van der Waals surface area contributed by atoms with Crippen molar-refractivity contribution < 1.29 is 24.1 Å². The summed E-state index contributed by atoms with van der Waals surface area (Å²) in [6.07, 6.45) is 9.98. The third kappa shape index (κ3) is 3.31. The maximum atomic E-state index is 11.4. The van der Waals surface area contributed by atoms with Crippen LogP contribution >= 0.6 is 0 Å². The van der Waals surface area contributed by atoms with E-state index in [1.807, 2.05) is 0 Å². The maximum absolute atomic E-state index is 11.4. The molecule has 4 aliphatic carbocycles. The van der Waals surface area contributed by atoms with Gasteiger partial charge >= 0.3 is 5.97 Å². The lowest BCUT2D eigenvalue weighted by molar-refractivity contribution is -0.249. The lowest BCUT2D eigenvalue weighted by atomic mass is 9.44. The van der Waals surface area contributed by atoms with Gasteiger partial charge in [0.25, 0.3) is 0 Å². The molecule has 0 aromatic rings. The van der Waals surface area contributed by atoms with Crippen LogP contribution in [0, 0.1) is 34.5 Å². The molecule has 0 aromatic heterocycles. The Morgan fingerprint density at radius 3 is 2.52 bits per heavy atom. The molecule has 5 rings (SSSR count). The van der Waals surface area contributed by atoms with Crippen molar-refractivity contribution in [3.63, 3.8) is 0 Å². The number of rotatable bonds is 4. The minimum atomic E-state index is -0.711. The van der Waals surface area contributed by atoms with Gasteiger partial charge in [-0.2, -0.15) is 0 Å². The average Bonchev–Trinajstić information content (AvgIpc) is 3.34. The second-order valence-electron chi connectivity index (χ2n) is 11.7. The summed E-state index contributed by atoms with van der Waals surface area (Å²) in [5.74, 6) is 2.16. The molecule has 6 heteroatoms. The molecule has 4 saturated carbocycles. The van der Waals surface area contributed by atoms with Crippen molar-refractivity contribution in [1.82, 2.24) is 5.32 Å². The van der Waals surface area contributed by atoms with Gasteiger partial charge in [0.2, 0.25) is 0 Å². The molecule has 2 N–H and O–H groups in total. The highest BCUT2D eigenvalue weighted by Gasteiger charge is 2.67. The van der Waals surface area contributed by atoms with E-state index in [1.54, 1.807) is 0 Å². The average molecular weight is 436 g/mol. The van der Waals surface area contributed by atoms with Crippen molar-refractivity contribution in [3.05, 3.63) is 0 Å². The summed E-state index contributed by atoms with van der Waals surface area (Å²) in [6, 6.07) is 0. The Kier molecular flexibility index (Phi) is 5.48. The van der Waals surface area contributed by atoms with Crippen molar-refractivity contribution >= 4 is 5.97 Å². The molecule has 6 nitrogen and oxygen atoms in total. The van der Waals surface area contributed by atoms with Crippen LogP contribution in [0.2, 0.25) is 0 Å². The highest BCUT2D eigenvalue weighted by Crippen LogP contribution is 2.69. The Morgan fingerprint density at radius 2 is 1.77 bits per heavy atom. The molecule has 31 heavy (non-hydrogen) atoms. The predicted molar refractivity (Wildman–Crippen MR) is 116 cm³/mol. The van der Waals surface area contributed by atoms with E-state index in [2.05, 4.69) is 19.2 Å². The molecule has 0 aromatic carbocycles. The van der Waals surface area contributed by atoms with Gasteiger partial charge in [-0.1, -0.05) is 13.8 Å². The SMILES string of the molecule is COC(=O)CNC[C@@]1(O)CC[C@@]2(C)[C@@H](CC[C@@H]3[C@@H]2CC[C@@]2(C)[C@H]3CCC23OCCO3)C1. The van der Waals surface area contributed by atoms with E-state index in [1.165, 1.54) is 39.2 Å². The smallest absolute Gasteiger partial charge is 0.319 e. The van der Waals surface area contributed by atoms with Crippen LogP contribution in [0.15, 0.2) is 0 Å². The Morgan fingerprint density at radius 1 is 1.03 bits per heavy atom. The molecular weight excluding hydrogens is 394 g/mol. The van der Waals surface area contributed by atoms with Crippen LogP contribution in [0.5, 0.6) is 0 Å². The van der Waals surface area contributed by atoms with Crippen molar-refractivity contribution in [3.8, 4) is 0 Å². The molecule has 7 atom stereocenters. The van der Waals surface area contributed by atoms with Crippen molar-refractivity contribution in [2.24, 2.45) is 34.5 Å². The van der Waals surface area contributed by atoms with E-state index in [0.29, 0.717) is 23.8 Å². The van der Waals surface area contributed by atoms with Crippen LogP contribution in [0.25, 0.3) is 0 Å². The predicted octanol–water partition coefficient (Wildman–Crippen LogP) is 3.27. The number of methoxy groups -OCH3 is 1. The Balaban J connectivity index is 1.28. The Hall–Kier alpha value is -0.690. The molecule has 1 saturated heterocycles. The molecule has 5 aliphatic rings. The van der Waals surface area contributed by atoms with Gasteiger partial charge in [0.15, 0.2) is 5.79 Å². The zero-order valence-corrected chi connectivity index (χ0v) is 19.6. The van der Waals surface area contributed by atoms with Crippen molar-refractivity contribution in [2.45, 2.75) is 83.0 Å². The highest BCUT2D eigenvalue weighted by molar-refractivity contribution is 5.71. The summed E-state index contributed by atoms with van der Waals surface area (Å²) in [7, 11) is 1.40. The minimum absolute atomic E-state index is 0.154. The summed E-state index contributed by atoms with van der Waals surface area (Å²) in [5, 5.41) is 14.4. The Bertz CT molecular complexity index is 708. The second kappa shape index (κ2) is 7.68. The number of carbonyl (C=O) groups excluding carboxylic acids is 1. The quantitative estimate of drug-likeness (QED) is 0.660. The first-order valence-electron chi connectivity index (χ1n) is 12.5. The fourth-order valence-electron chi connectivity index (χ4n) is 8.84. The molecule has 0 amide bonds. The zero-order chi connectivity index (χ0) is 21.9. The van der Waals surface area contributed by atoms with Crippen LogP contribution in [0.1, 0.15) is 71.6 Å². The molecule has 1 aliphatic heterocycles. The van der Waals surface area contributed by atoms with E-state index >= 15 is 0 Å². The highest BCUT2D eigenvalue weighted by atomic mass is 16.7. The number of hydrogen-bond acceptors (Lipinski definition) is 6. The minimum Gasteiger partial charge on any atom is -0.468 e. The number of aliphatic hydroxyl groups is 1. The van der Waals surface area contributed by atoms with Gasteiger partial charge in [-0.25, -0.2) is 0 Å². The molecule has 0 bridgehead atoms. The van der Waals surface area contributed by atoms with E-state index in [0.717, 1.165) is 50.7 Å². The maximum Gasteiger partial charge on any atom is 0.319 e. The summed E-state index contributed by atoms with van der Waals surface area (Å²) < 4.78 is 17.3. The fraction of sp³-hybridized carbons (Fsp3) is 0.960. The van der Waals surface area contributed by atoms with Gasteiger partial charge < -0.3 is 24.6 Å². The number of carbonyl (C=O) groups is 1. The van der Waals surface area contributed by atoms with Crippen LogP contribution in [-0.4, -0.2) is 55.9 Å². The van der Waals surface area contributed by atoms with Crippen LogP contribution in [0.4, 0.5) is 0 Å². The first-order valence-corrected chi connectivity index (χ1v) is 12.5. The molecule has 0 unspecified atom stereocenters. The summed E-state index contributed by atoms with van der Waals surface area (Å²) in [4.78, 5) is 11.4. The second-order valence-corrected chi connectivity index (χ2v) is 11.7. The zero-order valence-electron chi connectivity index (χ0n) is 19.6. The van der Waals surface area contributed by atoms with E-state index in [-0.39, 0.29) is 23.7 Å². The van der Waals surface area contributed by atoms with Crippen molar-refractivity contribution in [1.29, 1.82) is 0 Å². The van der Waals surface area contributed by atoms with Crippen LogP contribution in [-0.2, 0) is 19.0 Å². The normalized spacial score (nSPS) is 48.1. The number of fused-ring (bicyclic) bond motifs is 6. The van der Waals surface area contributed by atoms with Crippen LogP contribution in [0.3, 0.4) is 0 Å². The van der Waals surface area contributed by atoms with Gasteiger partial charge in [0, 0.05) is 18.4 Å². The van der Waals surface area contributed by atoms with Gasteiger partial charge in [-0.15, -0.1) is 0 Å². The number of esters is 1. The number of nitrogens with one attached hydrogen (secondary N) is 1. The summed E-state index contributed by atoms with van der Waals surface area (Å²) >= 11 is 0. The Labute approximate surface area is 186 Å². The number of hydrogen-bond donors (Lipinski definition) is 2. The summed E-state index contributed by atoms with van der Waals surface area (Å²) in [5.41, 5.74) is -0.246. The van der Waals surface area contributed by atoms with Crippen molar-refractivity contribution in [2.75, 3.05) is 33.4 Å². The monoisotopic (exact) mass is 435 g/mol. The van der Waals surface area contributed by atoms with Crippen LogP contribution < -0.4 is 5.32 Å². The van der Waals surface area contributed by atoms with E-state index in [4.69, 9.17) is 14.2 Å². The summed E-state index contributed by atoms with van der Waals surface area (Å²) in [6.45, 7) is 7.11. The first kappa shape index (κ1) is 22.1. The lowest BCUT2D eigenvalue weighted by Crippen LogP contribution is -2.59. The van der Waals surface area contributed by atoms with Gasteiger partial charge in [0.05, 0.1) is 32.5 Å². The van der Waals surface area contributed by atoms with Gasteiger partial charge in [-0.05, 0) is 80.5 Å². The third-order valence-electron chi connectivity index (χ3n) is 10.6. The molecule has 0 radical (unpaired) electrons. The molecule has 1 spiro atoms. The molecule has 5 fully saturated rings. The molecule has 1 heterocycles. The standard InChI is InChI=1S/C25H41NO5/c1-22-10-11-24(28,16-26-15-21(27)29-3)14-17(22)4-5-18-19(22)6-8-23(2)20(18)7-9-25(23)30-12-13-31-25/h17-20,26,28H,4-16H2,1-3H3/t17-,18+,19-,20-,22-,23-,24+/m0/s1. The van der Waals surface area contributed by atoms with E-state index in [9.17, 15) is 9.90 Å².